The van der Waals surface area contributed by atoms with Crippen LogP contribution >= 0.6 is 11.8 Å². The van der Waals surface area contributed by atoms with Crippen LogP contribution < -0.4 is 10.2 Å². The molecule has 124 valence electrons. The molecule has 0 radical (unpaired) electrons. The van der Waals surface area contributed by atoms with Crippen molar-refractivity contribution in [3.8, 4) is 0 Å². The van der Waals surface area contributed by atoms with Crippen LogP contribution in [0.15, 0.2) is 46.5 Å². The number of nitrogens with one attached hydrogen (secondary N) is 1. The van der Waals surface area contributed by atoms with Crippen LogP contribution in [-0.4, -0.2) is 37.1 Å². The van der Waals surface area contributed by atoms with Crippen LogP contribution in [0.5, 0.6) is 0 Å². The molecule has 3 rings (SSSR count). The third-order valence-corrected chi connectivity index (χ3v) is 4.64. The second-order valence-electron chi connectivity index (χ2n) is 5.17. The van der Waals surface area contributed by atoms with Crippen molar-refractivity contribution in [1.82, 2.24) is 4.98 Å². The molecule has 0 fully saturated rings. The quantitative estimate of drug-likeness (QED) is 0.924. The van der Waals surface area contributed by atoms with Crippen molar-refractivity contribution in [2.45, 2.75) is 16.8 Å². The number of benzene rings is 1. The van der Waals surface area contributed by atoms with Gasteiger partial charge in [-0.05, 0) is 37.3 Å². The van der Waals surface area contributed by atoms with Crippen molar-refractivity contribution >= 4 is 35.0 Å². The average molecular weight is 343 g/mol. The van der Waals surface area contributed by atoms with E-state index in [0.29, 0.717) is 22.8 Å². The number of rotatable bonds is 4. The molecule has 2 heterocycles. The van der Waals surface area contributed by atoms with Gasteiger partial charge in [0.2, 0.25) is 5.91 Å². The summed E-state index contributed by atoms with van der Waals surface area (Å²) in [4.78, 5) is 31.4. The lowest BCUT2D eigenvalue weighted by molar-refractivity contribution is -0.119. The Morgan fingerprint density at radius 1 is 1.38 bits per heavy atom. The maximum atomic E-state index is 12.8. The number of pyridine rings is 1. The highest BCUT2D eigenvalue weighted by atomic mass is 32.2. The van der Waals surface area contributed by atoms with Gasteiger partial charge in [-0.3, -0.25) is 9.59 Å². The number of aromatic nitrogens is 1. The van der Waals surface area contributed by atoms with E-state index in [4.69, 9.17) is 4.74 Å². The molecule has 1 N–H and O–H groups in total. The summed E-state index contributed by atoms with van der Waals surface area (Å²) < 4.78 is 4.82. The van der Waals surface area contributed by atoms with Gasteiger partial charge >= 0.3 is 0 Å². The van der Waals surface area contributed by atoms with Gasteiger partial charge in [0.15, 0.2) is 0 Å². The standard InChI is InChI=1S/C17H17N3O3S/c1-3-20-13-7-6-11(19-15(21)10-23-2)9-14(13)24-16-12(17(20)22)5-4-8-18-16/h4-9H,3,10H2,1-2H3,(H,19,21). The molecule has 0 unspecified atom stereocenters. The summed E-state index contributed by atoms with van der Waals surface area (Å²) in [5.74, 6) is -0.291. The highest BCUT2D eigenvalue weighted by Crippen LogP contribution is 2.41. The Bertz CT molecular complexity index is 794. The number of amides is 2. The van der Waals surface area contributed by atoms with Gasteiger partial charge in [0.1, 0.15) is 11.6 Å². The van der Waals surface area contributed by atoms with E-state index in [1.807, 2.05) is 19.1 Å². The molecule has 2 amide bonds. The van der Waals surface area contributed by atoms with Crippen LogP contribution in [0.4, 0.5) is 11.4 Å². The van der Waals surface area contributed by atoms with E-state index in [9.17, 15) is 9.59 Å². The maximum absolute atomic E-state index is 12.8. The lowest BCUT2D eigenvalue weighted by atomic mass is 10.2. The molecule has 6 nitrogen and oxygen atoms in total. The first-order valence-corrected chi connectivity index (χ1v) is 8.33. The first-order valence-electron chi connectivity index (χ1n) is 7.51. The van der Waals surface area contributed by atoms with E-state index in [-0.39, 0.29) is 18.4 Å². The lowest BCUT2D eigenvalue weighted by Crippen LogP contribution is -2.30. The second-order valence-corrected chi connectivity index (χ2v) is 6.20. The molecule has 2 aromatic rings. The van der Waals surface area contributed by atoms with Crippen LogP contribution in [0, 0.1) is 0 Å². The van der Waals surface area contributed by atoms with Crippen molar-refractivity contribution in [1.29, 1.82) is 0 Å². The number of hydrogen-bond donors (Lipinski definition) is 1. The summed E-state index contributed by atoms with van der Waals surface area (Å²) >= 11 is 1.42. The van der Waals surface area contributed by atoms with Crippen LogP contribution in [0.2, 0.25) is 0 Å². The smallest absolute Gasteiger partial charge is 0.261 e. The molecule has 0 spiro atoms. The molecule has 24 heavy (non-hydrogen) atoms. The Kier molecular flexibility index (Phi) is 4.82. The number of fused-ring (bicyclic) bond motifs is 2. The molecule has 1 aromatic heterocycles. The maximum Gasteiger partial charge on any atom is 0.261 e. The van der Waals surface area contributed by atoms with Gasteiger partial charge in [0.25, 0.3) is 5.91 Å². The molecular weight excluding hydrogens is 326 g/mol. The number of ether oxygens (including phenoxy) is 1. The SMILES string of the molecule is CCN1C(=O)c2cccnc2Sc2cc(NC(=O)COC)ccc21. The summed E-state index contributed by atoms with van der Waals surface area (Å²) in [5, 5.41) is 3.45. The second kappa shape index (κ2) is 7.02. The zero-order chi connectivity index (χ0) is 17.1. The molecule has 1 aromatic carbocycles. The molecule has 0 saturated carbocycles. The minimum absolute atomic E-state index is 0.00577. The van der Waals surface area contributed by atoms with Gasteiger partial charge in [0.05, 0.1) is 11.3 Å². The Morgan fingerprint density at radius 3 is 2.96 bits per heavy atom. The lowest BCUT2D eigenvalue weighted by Gasteiger charge is -2.21. The van der Waals surface area contributed by atoms with E-state index < -0.39 is 0 Å². The van der Waals surface area contributed by atoms with Gasteiger partial charge in [-0.1, -0.05) is 11.8 Å². The highest BCUT2D eigenvalue weighted by Gasteiger charge is 2.27. The summed E-state index contributed by atoms with van der Waals surface area (Å²) in [7, 11) is 1.47. The van der Waals surface area contributed by atoms with Crippen LogP contribution in [0.3, 0.4) is 0 Å². The molecule has 1 aliphatic rings. The van der Waals surface area contributed by atoms with Crippen LogP contribution in [0.25, 0.3) is 0 Å². The fourth-order valence-corrected chi connectivity index (χ4v) is 3.59. The zero-order valence-corrected chi connectivity index (χ0v) is 14.2. The van der Waals surface area contributed by atoms with E-state index in [0.717, 1.165) is 10.6 Å². The number of nitrogens with zero attached hydrogens (tertiary/aromatic N) is 2. The van der Waals surface area contributed by atoms with E-state index >= 15 is 0 Å². The Labute approximate surface area is 144 Å². The summed E-state index contributed by atoms with van der Waals surface area (Å²) in [5.41, 5.74) is 2.06. The van der Waals surface area contributed by atoms with Gasteiger partial charge in [-0.25, -0.2) is 4.98 Å². The first kappa shape index (κ1) is 16.5. The number of anilines is 2. The average Bonchev–Trinajstić information content (AvgIpc) is 2.69. The molecular formula is C17H17N3O3S. The van der Waals surface area contributed by atoms with Crippen molar-refractivity contribution in [2.24, 2.45) is 0 Å². The Balaban J connectivity index is 2.01. The third kappa shape index (κ3) is 3.13. The molecule has 0 bridgehead atoms. The van der Waals surface area contributed by atoms with E-state index in [1.54, 1.807) is 29.3 Å². The number of methoxy groups -OCH3 is 1. The highest BCUT2D eigenvalue weighted by molar-refractivity contribution is 7.99. The minimum atomic E-state index is -0.224. The van der Waals surface area contributed by atoms with Gasteiger partial charge in [-0.15, -0.1) is 0 Å². The number of carbonyl (C=O) groups is 2. The van der Waals surface area contributed by atoms with E-state index in [1.165, 1.54) is 18.9 Å². The van der Waals surface area contributed by atoms with Gasteiger partial charge < -0.3 is 15.0 Å². The van der Waals surface area contributed by atoms with Crippen molar-refractivity contribution in [2.75, 3.05) is 30.5 Å². The van der Waals surface area contributed by atoms with E-state index in [2.05, 4.69) is 10.3 Å². The zero-order valence-electron chi connectivity index (χ0n) is 13.4. The van der Waals surface area contributed by atoms with Crippen LogP contribution in [0.1, 0.15) is 17.3 Å². The third-order valence-electron chi connectivity index (χ3n) is 3.58. The van der Waals surface area contributed by atoms with Gasteiger partial charge in [0, 0.05) is 30.4 Å². The molecule has 1 aliphatic heterocycles. The van der Waals surface area contributed by atoms with Crippen LogP contribution in [-0.2, 0) is 9.53 Å². The normalized spacial score (nSPS) is 13.1. The fraction of sp³-hybridized carbons (Fsp3) is 0.235. The summed E-state index contributed by atoms with van der Waals surface area (Å²) in [6.45, 7) is 2.48. The predicted octanol–water partition coefficient (Wildman–Crippen LogP) is 2.80. The Morgan fingerprint density at radius 2 is 2.21 bits per heavy atom. The Hall–Kier alpha value is -2.38. The first-order chi connectivity index (χ1) is 11.6. The molecule has 0 saturated heterocycles. The summed E-state index contributed by atoms with van der Waals surface area (Å²) in [6.07, 6.45) is 1.67. The molecule has 0 atom stereocenters. The van der Waals surface area contributed by atoms with Crippen molar-refractivity contribution in [3.63, 3.8) is 0 Å². The van der Waals surface area contributed by atoms with Crippen molar-refractivity contribution < 1.29 is 14.3 Å². The fourth-order valence-electron chi connectivity index (χ4n) is 2.53. The number of hydrogen-bond acceptors (Lipinski definition) is 5. The molecule has 7 heteroatoms. The number of carbonyl (C=O) groups excluding carboxylic acids is 2. The largest absolute Gasteiger partial charge is 0.375 e. The minimum Gasteiger partial charge on any atom is -0.375 e. The predicted molar refractivity (Wildman–Crippen MR) is 92.7 cm³/mol. The van der Waals surface area contributed by atoms with Gasteiger partial charge in [-0.2, -0.15) is 0 Å². The monoisotopic (exact) mass is 343 g/mol. The topological polar surface area (TPSA) is 71.5 Å². The molecule has 0 aliphatic carbocycles. The van der Waals surface area contributed by atoms with Crippen molar-refractivity contribution in [3.05, 3.63) is 42.1 Å². The summed E-state index contributed by atoms with van der Waals surface area (Å²) in [6, 6.07) is 9.03.